The van der Waals surface area contributed by atoms with Crippen molar-refractivity contribution < 1.29 is 26.7 Å². The summed E-state index contributed by atoms with van der Waals surface area (Å²) in [5, 5.41) is 9.19. The van der Waals surface area contributed by atoms with E-state index in [2.05, 4.69) is 4.98 Å². The van der Waals surface area contributed by atoms with Crippen molar-refractivity contribution in [2.24, 2.45) is 5.92 Å². The zero-order valence-electron chi connectivity index (χ0n) is 18.5. The van der Waals surface area contributed by atoms with Gasteiger partial charge in [-0.25, -0.2) is 8.42 Å². The van der Waals surface area contributed by atoms with Crippen molar-refractivity contribution in [3.63, 3.8) is 0 Å². The molecule has 0 aliphatic carbocycles. The van der Waals surface area contributed by atoms with E-state index in [1.807, 2.05) is 19.8 Å². The molecule has 0 radical (unpaired) electrons. The molecule has 0 saturated carbocycles. The second-order valence-corrected chi connectivity index (χ2v) is 9.88. The third-order valence-corrected chi connectivity index (χ3v) is 7.02. The molecule has 0 aliphatic rings. The van der Waals surface area contributed by atoms with E-state index in [1.165, 1.54) is 65.1 Å². The van der Waals surface area contributed by atoms with Crippen LogP contribution in [0, 0.1) is 17.9 Å². The molecule has 9 heteroatoms. The number of rotatable bonds is 7. The summed E-state index contributed by atoms with van der Waals surface area (Å²) in [7, 11) is -3.96. The fraction of sp³-hybridized carbons (Fsp3) is 0.240. The highest BCUT2D eigenvalue weighted by Crippen LogP contribution is 2.46. The van der Waals surface area contributed by atoms with Gasteiger partial charge in [0.2, 0.25) is 0 Å². The van der Waals surface area contributed by atoms with Gasteiger partial charge in [-0.3, -0.25) is 9.29 Å². The molecule has 1 heterocycles. The average Bonchev–Trinajstić information content (AvgIpc) is 2.81. The van der Waals surface area contributed by atoms with Crippen molar-refractivity contribution >= 4 is 15.7 Å². The Balaban J connectivity index is 2.16. The topological polar surface area (TPSA) is 70.5 Å². The number of pyridine rings is 1. The van der Waals surface area contributed by atoms with Crippen molar-refractivity contribution in [1.29, 1.82) is 0 Å². The molecule has 0 bridgehead atoms. The van der Waals surface area contributed by atoms with E-state index in [4.69, 9.17) is 0 Å². The Morgan fingerprint density at radius 3 is 2.12 bits per heavy atom. The van der Waals surface area contributed by atoms with Crippen LogP contribution in [0.1, 0.15) is 25.0 Å². The smallest absolute Gasteiger partial charge is 0.413 e. The lowest BCUT2D eigenvalue weighted by Crippen LogP contribution is -2.42. The molecule has 1 N–H and O–H groups in total. The second-order valence-electron chi connectivity index (χ2n) is 8.02. The van der Waals surface area contributed by atoms with E-state index >= 15 is 0 Å². The van der Waals surface area contributed by atoms with Crippen molar-refractivity contribution in [1.82, 2.24) is 4.98 Å². The van der Waals surface area contributed by atoms with Crippen LogP contribution in [0.3, 0.4) is 0 Å². The van der Waals surface area contributed by atoms with E-state index in [0.29, 0.717) is 0 Å². The van der Waals surface area contributed by atoms with E-state index in [9.17, 15) is 26.7 Å². The zero-order chi connectivity index (χ0) is 25.0. The Hall–Kier alpha value is -3.51. The summed E-state index contributed by atoms with van der Waals surface area (Å²) in [6.45, 7) is 3.81. The summed E-state index contributed by atoms with van der Waals surface area (Å²) in [6, 6.07) is 15.4. The molecular formula is C25H23F3N2O3S. The molecule has 178 valence electrons. The van der Waals surface area contributed by atoms with Crippen LogP contribution >= 0.6 is 0 Å². The molecule has 3 aromatic rings. The third kappa shape index (κ3) is 4.73. The van der Waals surface area contributed by atoms with E-state index < -0.39 is 21.6 Å². The molecular weight excluding hydrogens is 465 g/mol. The normalized spacial score (nSPS) is 13.6. The molecule has 0 amide bonds. The SMILES string of the molecule is CC(C)CN(c1ccc(C(C#CO)(c2cccnc2)C(F)(F)F)cc1)S(=O)(=O)c1ccccc1. The zero-order valence-corrected chi connectivity index (χ0v) is 19.3. The van der Waals surface area contributed by atoms with Crippen LogP contribution in [0.2, 0.25) is 0 Å². The molecule has 1 atom stereocenters. The number of nitrogens with zero attached hydrogens (tertiary/aromatic N) is 2. The minimum atomic E-state index is -4.90. The number of benzene rings is 2. The quantitative estimate of drug-likeness (QED) is 0.469. The number of aliphatic hydroxyl groups is 1. The first kappa shape index (κ1) is 25.1. The molecule has 3 rings (SSSR count). The molecule has 0 saturated heterocycles. The minimum Gasteiger partial charge on any atom is -0.462 e. The number of hydrogen-bond acceptors (Lipinski definition) is 4. The standard InChI is InChI=1S/C25H23F3N2O3S/c1-19(2)18-30(34(32,33)23-8-4-3-5-9-23)22-12-10-20(11-13-22)24(14-16-31,25(26,27)28)21-7-6-15-29-17-21/h3-13,15,17,19,31H,18H2,1-2H3. The van der Waals surface area contributed by atoms with Crippen LogP contribution in [0.25, 0.3) is 0 Å². The van der Waals surface area contributed by atoms with E-state index in [1.54, 1.807) is 18.2 Å². The van der Waals surface area contributed by atoms with Gasteiger partial charge < -0.3 is 5.11 Å². The van der Waals surface area contributed by atoms with Crippen molar-refractivity contribution in [3.05, 3.63) is 90.3 Å². The average molecular weight is 489 g/mol. The van der Waals surface area contributed by atoms with Crippen LogP contribution in [0.4, 0.5) is 18.9 Å². The van der Waals surface area contributed by atoms with Crippen LogP contribution < -0.4 is 4.31 Å². The maximum atomic E-state index is 14.4. The largest absolute Gasteiger partial charge is 0.462 e. The molecule has 34 heavy (non-hydrogen) atoms. The Morgan fingerprint density at radius 2 is 1.62 bits per heavy atom. The van der Waals surface area contributed by atoms with Gasteiger partial charge in [-0.15, -0.1) is 0 Å². The number of alkyl halides is 3. The number of sulfonamides is 1. The Kier molecular flexibility index (Phi) is 7.22. The highest BCUT2D eigenvalue weighted by Gasteiger charge is 2.57. The first-order chi connectivity index (χ1) is 16.0. The first-order valence-corrected chi connectivity index (χ1v) is 11.8. The van der Waals surface area contributed by atoms with Crippen LogP contribution in [-0.4, -0.2) is 31.2 Å². The Labute approximate surface area is 196 Å². The molecule has 0 aliphatic heterocycles. The van der Waals surface area contributed by atoms with Gasteiger partial charge in [0, 0.05) is 24.5 Å². The van der Waals surface area contributed by atoms with Crippen molar-refractivity contribution in [2.45, 2.75) is 30.3 Å². The van der Waals surface area contributed by atoms with Gasteiger partial charge in [0.25, 0.3) is 10.0 Å². The Bertz CT molecular complexity index is 1270. The number of aromatic nitrogens is 1. The third-order valence-electron chi connectivity index (χ3n) is 5.21. The summed E-state index contributed by atoms with van der Waals surface area (Å²) in [5.41, 5.74) is -3.19. The monoisotopic (exact) mass is 488 g/mol. The second kappa shape index (κ2) is 9.77. The van der Waals surface area contributed by atoms with Gasteiger partial charge in [-0.1, -0.05) is 50.2 Å². The lowest BCUT2D eigenvalue weighted by atomic mass is 9.75. The minimum absolute atomic E-state index is 0.0527. The van der Waals surface area contributed by atoms with Crippen LogP contribution in [-0.2, 0) is 15.4 Å². The maximum absolute atomic E-state index is 14.4. The predicted molar refractivity (Wildman–Crippen MR) is 123 cm³/mol. The van der Waals surface area contributed by atoms with Crippen molar-refractivity contribution in [3.8, 4) is 12.0 Å². The fourth-order valence-corrected chi connectivity index (χ4v) is 5.30. The highest BCUT2D eigenvalue weighted by molar-refractivity contribution is 7.92. The molecule has 5 nitrogen and oxygen atoms in total. The summed E-state index contributed by atoms with van der Waals surface area (Å²) in [5.74, 6) is 1.86. The number of halogens is 3. The maximum Gasteiger partial charge on any atom is 0.413 e. The van der Waals surface area contributed by atoms with Gasteiger partial charge >= 0.3 is 6.18 Å². The summed E-state index contributed by atoms with van der Waals surface area (Å²) < 4.78 is 71.1. The van der Waals surface area contributed by atoms with E-state index in [0.717, 1.165) is 6.20 Å². The first-order valence-electron chi connectivity index (χ1n) is 10.4. The van der Waals surface area contributed by atoms with Crippen LogP contribution in [0.5, 0.6) is 0 Å². The summed E-state index contributed by atoms with van der Waals surface area (Å²) >= 11 is 0. The summed E-state index contributed by atoms with van der Waals surface area (Å²) in [4.78, 5) is 3.85. The molecule has 0 fully saturated rings. The van der Waals surface area contributed by atoms with Crippen molar-refractivity contribution in [2.75, 3.05) is 10.8 Å². The summed E-state index contributed by atoms with van der Waals surface area (Å²) in [6.07, 6.45) is -1.11. The van der Waals surface area contributed by atoms with E-state index in [-0.39, 0.29) is 34.2 Å². The van der Waals surface area contributed by atoms with Gasteiger partial charge in [0.1, 0.15) is 6.11 Å². The van der Waals surface area contributed by atoms with Gasteiger partial charge in [-0.05, 0) is 47.7 Å². The lowest BCUT2D eigenvalue weighted by Gasteiger charge is -2.32. The highest BCUT2D eigenvalue weighted by atomic mass is 32.2. The molecule has 0 spiro atoms. The Morgan fingerprint density at radius 1 is 0.971 bits per heavy atom. The van der Waals surface area contributed by atoms with Gasteiger partial charge in [-0.2, -0.15) is 13.2 Å². The van der Waals surface area contributed by atoms with Crippen LogP contribution in [0.15, 0.2) is 84.0 Å². The fourth-order valence-electron chi connectivity index (χ4n) is 3.65. The lowest BCUT2D eigenvalue weighted by molar-refractivity contribution is -0.161. The molecule has 2 aromatic carbocycles. The van der Waals surface area contributed by atoms with Gasteiger partial charge in [0.15, 0.2) is 5.41 Å². The number of anilines is 1. The van der Waals surface area contributed by atoms with Gasteiger partial charge in [0.05, 0.1) is 10.6 Å². The molecule has 1 unspecified atom stereocenters. The molecule has 1 aromatic heterocycles. The number of hydrogen-bond donors (Lipinski definition) is 1. The predicted octanol–water partition coefficient (Wildman–Crippen LogP) is 5.11. The number of aliphatic hydroxyl groups excluding tert-OH is 1.